The molecule has 21 heavy (non-hydrogen) atoms. The van der Waals surface area contributed by atoms with Crippen molar-refractivity contribution < 1.29 is 9.59 Å². The van der Waals surface area contributed by atoms with Gasteiger partial charge in [-0.2, -0.15) is 0 Å². The van der Waals surface area contributed by atoms with Gasteiger partial charge >= 0.3 is 0 Å². The van der Waals surface area contributed by atoms with Gasteiger partial charge in [-0.1, -0.05) is 19.9 Å². The van der Waals surface area contributed by atoms with E-state index in [1.54, 1.807) is 11.3 Å². The predicted octanol–water partition coefficient (Wildman–Crippen LogP) is 1.51. The molecule has 1 aromatic heterocycles. The highest BCUT2D eigenvalue weighted by Gasteiger charge is 2.30. The maximum atomic E-state index is 12.3. The summed E-state index contributed by atoms with van der Waals surface area (Å²) in [5, 5.41) is 4.68. The first-order chi connectivity index (χ1) is 10.0. The minimum Gasteiger partial charge on any atom is -0.346 e. The number of likely N-dealkylation sites (tertiary alicyclic amines) is 1. The van der Waals surface area contributed by atoms with E-state index in [-0.39, 0.29) is 30.3 Å². The number of carbonyl (C=O) groups is 2. The van der Waals surface area contributed by atoms with Crippen molar-refractivity contribution in [3.8, 4) is 0 Å². The lowest BCUT2D eigenvalue weighted by molar-refractivity contribution is -0.134. The number of hydrogen-bond donors (Lipinski definition) is 2. The molecular formula is C15H23N3O2S. The van der Waals surface area contributed by atoms with Crippen LogP contribution in [0.2, 0.25) is 0 Å². The van der Waals surface area contributed by atoms with Gasteiger partial charge in [0.25, 0.3) is 0 Å². The third-order valence-corrected chi connectivity index (χ3v) is 4.85. The highest BCUT2D eigenvalue weighted by atomic mass is 32.1. The Bertz CT molecular complexity index is 487. The highest BCUT2D eigenvalue weighted by molar-refractivity contribution is 7.10. The third kappa shape index (κ3) is 3.83. The van der Waals surface area contributed by atoms with Crippen LogP contribution in [0.25, 0.3) is 0 Å². The maximum Gasteiger partial charge on any atom is 0.242 e. The molecule has 1 saturated heterocycles. The van der Waals surface area contributed by atoms with Gasteiger partial charge in [-0.25, -0.2) is 0 Å². The second kappa shape index (κ2) is 7.04. The Kier molecular flexibility index (Phi) is 5.36. The van der Waals surface area contributed by atoms with Gasteiger partial charge in [0.1, 0.15) is 0 Å². The lowest BCUT2D eigenvalue weighted by Gasteiger charge is -2.24. The molecule has 3 N–H and O–H groups in total. The van der Waals surface area contributed by atoms with Crippen LogP contribution in [0.4, 0.5) is 0 Å². The summed E-state index contributed by atoms with van der Waals surface area (Å²) in [7, 11) is 0. The fraction of sp³-hybridized carbons (Fsp3) is 0.600. The number of rotatable bonds is 5. The van der Waals surface area contributed by atoms with Crippen molar-refractivity contribution in [1.82, 2.24) is 10.2 Å². The first-order valence-electron chi connectivity index (χ1n) is 7.37. The quantitative estimate of drug-likeness (QED) is 0.866. The molecule has 0 aliphatic carbocycles. The molecule has 0 spiro atoms. The third-order valence-electron chi connectivity index (χ3n) is 3.88. The molecule has 0 bridgehead atoms. The largest absolute Gasteiger partial charge is 0.346 e. The Morgan fingerprint density at radius 3 is 2.90 bits per heavy atom. The fourth-order valence-electron chi connectivity index (χ4n) is 2.53. The Morgan fingerprint density at radius 2 is 2.29 bits per heavy atom. The van der Waals surface area contributed by atoms with Gasteiger partial charge in [0, 0.05) is 11.4 Å². The van der Waals surface area contributed by atoms with Crippen molar-refractivity contribution in [2.75, 3.05) is 13.1 Å². The number of amides is 2. The van der Waals surface area contributed by atoms with Gasteiger partial charge < -0.3 is 16.0 Å². The van der Waals surface area contributed by atoms with Crippen LogP contribution in [0.3, 0.4) is 0 Å². The molecule has 1 fully saturated rings. The van der Waals surface area contributed by atoms with Crippen molar-refractivity contribution in [3.63, 3.8) is 0 Å². The molecule has 5 nitrogen and oxygen atoms in total. The van der Waals surface area contributed by atoms with Crippen molar-refractivity contribution in [2.45, 2.75) is 38.8 Å². The summed E-state index contributed by atoms with van der Waals surface area (Å²) in [6.45, 7) is 4.56. The van der Waals surface area contributed by atoms with E-state index in [2.05, 4.69) is 11.4 Å². The summed E-state index contributed by atoms with van der Waals surface area (Å²) >= 11 is 1.67. The van der Waals surface area contributed by atoms with E-state index in [1.165, 1.54) is 4.88 Å². The van der Waals surface area contributed by atoms with E-state index in [0.29, 0.717) is 0 Å². The van der Waals surface area contributed by atoms with Crippen LogP contribution in [0, 0.1) is 5.92 Å². The topological polar surface area (TPSA) is 75.4 Å². The van der Waals surface area contributed by atoms with E-state index in [0.717, 1.165) is 19.4 Å². The Balaban J connectivity index is 1.90. The van der Waals surface area contributed by atoms with Crippen LogP contribution in [-0.4, -0.2) is 35.8 Å². The Morgan fingerprint density at radius 1 is 1.52 bits per heavy atom. The fourth-order valence-corrected chi connectivity index (χ4v) is 3.40. The molecule has 2 heterocycles. The van der Waals surface area contributed by atoms with Gasteiger partial charge in [-0.15, -0.1) is 11.3 Å². The number of thiophene rings is 1. The minimum atomic E-state index is -0.565. The summed E-state index contributed by atoms with van der Waals surface area (Å²) < 4.78 is 0. The molecule has 2 amide bonds. The average Bonchev–Trinajstić information content (AvgIpc) is 3.12. The summed E-state index contributed by atoms with van der Waals surface area (Å²) in [5.74, 6) is -0.230. The van der Waals surface area contributed by atoms with Gasteiger partial charge in [-0.3, -0.25) is 9.59 Å². The second-order valence-electron chi connectivity index (χ2n) is 5.75. The van der Waals surface area contributed by atoms with Crippen molar-refractivity contribution in [1.29, 1.82) is 0 Å². The lowest BCUT2D eigenvalue weighted by atomic mass is 10.1. The molecule has 1 unspecified atom stereocenters. The van der Waals surface area contributed by atoms with Crippen molar-refractivity contribution in [3.05, 3.63) is 22.4 Å². The standard InChI is InChI=1S/C15H23N3O2S/c1-10(2)14(16)15(20)17-9-13(19)18-7-3-5-11(18)12-6-4-8-21-12/h4,6,8,10-11,14H,3,5,7,9,16H2,1-2H3,(H,17,20)/t11?,14-/m0/s1. The number of carbonyl (C=O) groups excluding carboxylic acids is 2. The van der Waals surface area contributed by atoms with E-state index >= 15 is 0 Å². The summed E-state index contributed by atoms with van der Waals surface area (Å²) in [6.07, 6.45) is 2.00. The van der Waals surface area contributed by atoms with Crippen LogP contribution >= 0.6 is 11.3 Å². The van der Waals surface area contributed by atoms with Gasteiger partial charge in [0.05, 0.1) is 18.6 Å². The predicted molar refractivity (Wildman–Crippen MR) is 83.8 cm³/mol. The molecular weight excluding hydrogens is 286 g/mol. The number of nitrogens with zero attached hydrogens (tertiary/aromatic N) is 1. The van der Waals surface area contributed by atoms with E-state index in [4.69, 9.17) is 5.73 Å². The first kappa shape index (κ1) is 16.0. The van der Waals surface area contributed by atoms with Crippen molar-refractivity contribution >= 4 is 23.2 Å². The number of nitrogens with one attached hydrogen (secondary N) is 1. The van der Waals surface area contributed by atoms with Crippen LogP contribution in [-0.2, 0) is 9.59 Å². The van der Waals surface area contributed by atoms with Crippen LogP contribution < -0.4 is 11.1 Å². The zero-order valence-corrected chi connectivity index (χ0v) is 13.4. The first-order valence-corrected chi connectivity index (χ1v) is 8.25. The summed E-state index contributed by atoms with van der Waals surface area (Å²) in [5.41, 5.74) is 5.77. The van der Waals surface area contributed by atoms with Crippen molar-refractivity contribution in [2.24, 2.45) is 11.7 Å². The Labute approximate surface area is 129 Å². The zero-order valence-electron chi connectivity index (χ0n) is 12.5. The van der Waals surface area contributed by atoms with Crippen LogP contribution in [0.5, 0.6) is 0 Å². The molecule has 0 aromatic carbocycles. The van der Waals surface area contributed by atoms with E-state index in [9.17, 15) is 9.59 Å². The molecule has 6 heteroatoms. The molecule has 116 valence electrons. The van der Waals surface area contributed by atoms with Crippen LogP contribution in [0.15, 0.2) is 17.5 Å². The lowest BCUT2D eigenvalue weighted by Crippen LogP contribution is -2.47. The Hall–Kier alpha value is -1.40. The minimum absolute atomic E-state index is 0.0289. The molecule has 2 atom stereocenters. The molecule has 0 radical (unpaired) electrons. The molecule has 0 saturated carbocycles. The average molecular weight is 309 g/mol. The molecule has 2 rings (SSSR count). The number of hydrogen-bond acceptors (Lipinski definition) is 4. The molecule has 1 aromatic rings. The van der Waals surface area contributed by atoms with E-state index in [1.807, 2.05) is 30.2 Å². The van der Waals surface area contributed by atoms with E-state index < -0.39 is 6.04 Å². The highest BCUT2D eigenvalue weighted by Crippen LogP contribution is 2.34. The zero-order chi connectivity index (χ0) is 15.4. The summed E-state index contributed by atoms with van der Waals surface area (Å²) in [4.78, 5) is 27.2. The molecule has 1 aliphatic rings. The van der Waals surface area contributed by atoms with Gasteiger partial charge in [0.15, 0.2) is 0 Å². The van der Waals surface area contributed by atoms with Gasteiger partial charge in [-0.05, 0) is 30.2 Å². The molecule has 1 aliphatic heterocycles. The van der Waals surface area contributed by atoms with Crippen LogP contribution in [0.1, 0.15) is 37.6 Å². The number of nitrogens with two attached hydrogens (primary N) is 1. The smallest absolute Gasteiger partial charge is 0.242 e. The second-order valence-corrected chi connectivity index (χ2v) is 6.73. The SMILES string of the molecule is CC(C)[C@H](N)C(=O)NCC(=O)N1CCCC1c1cccs1. The summed E-state index contributed by atoms with van der Waals surface area (Å²) in [6, 6.07) is 3.66. The van der Waals surface area contributed by atoms with Gasteiger partial charge in [0.2, 0.25) is 11.8 Å². The maximum absolute atomic E-state index is 12.3. The normalized spacial score (nSPS) is 19.8. The monoisotopic (exact) mass is 309 g/mol.